The van der Waals surface area contributed by atoms with Gasteiger partial charge in [-0.1, -0.05) is 60.7 Å². The quantitative estimate of drug-likeness (QED) is 0.438. The third-order valence-electron chi connectivity index (χ3n) is 2.50. The van der Waals surface area contributed by atoms with E-state index >= 15 is 0 Å². The summed E-state index contributed by atoms with van der Waals surface area (Å²) in [4.78, 5) is 0. The molecule has 0 aromatic heterocycles. The van der Waals surface area contributed by atoms with Crippen molar-refractivity contribution >= 4 is 28.2 Å². The van der Waals surface area contributed by atoms with Crippen LogP contribution in [0.2, 0.25) is 0 Å². The van der Waals surface area contributed by atoms with E-state index in [0.717, 1.165) is 0 Å². The molecule has 25 heavy (non-hydrogen) atoms. The average molecular weight is 471 g/mol. The smallest absolute Gasteiger partial charge is 0.352 e. The topological polar surface area (TPSA) is 18.5 Å². The summed E-state index contributed by atoms with van der Waals surface area (Å²) in [5.41, 5.74) is -0.0669. The van der Waals surface area contributed by atoms with Gasteiger partial charge in [-0.3, -0.25) is 0 Å². The Morgan fingerprint density at radius 2 is 0.840 bits per heavy atom. The van der Waals surface area contributed by atoms with Crippen LogP contribution in [-0.4, -0.2) is 11.2 Å². The molecule has 0 aliphatic carbocycles. The molecule has 2 rings (SSSR count). The minimum absolute atomic E-state index is 0. The van der Waals surface area contributed by atoms with Gasteiger partial charge >= 0.3 is 20.4 Å². The first-order chi connectivity index (χ1) is 11.2. The summed E-state index contributed by atoms with van der Waals surface area (Å²) in [6.07, 6.45) is 0. The van der Waals surface area contributed by atoms with Gasteiger partial charge in [-0.15, -0.1) is 0 Å². The maximum absolute atomic E-state index is 5.64. The molecule has 0 amide bonds. The van der Waals surface area contributed by atoms with Gasteiger partial charge in [0.05, 0.1) is 11.2 Å². The Balaban J connectivity index is 0.000000443. The van der Waals surface area contributed by atoms with Crippen molar-refractivity contribution in [1.29, 1.82) is 0 Å². The Morgan fingerprint density at radius 3 is 1.08 bits per heavy atom. The molecule has 0 saturated heterocycles. The average Bonchev–Trinajstić information content (AvgIpc) is 2.52. The van der Waals surface area contributed by atoms with Gasteiger partial charge in [0.25, 0.3) is 0 Å². The second kappa shape index (κ2) is 12.3. The van der Waals surface area contributed by atoms with Crippen molar-refractivity contribution < 1.29 is 29.5 Å². The Bertz CT molecular complexity index is 510. The number of hydrogen-bond acceptors (Lipinski definition) is 2. The summed E-state index contributed by atoms with van der Waals surface area (Å²) < 4.78 is 11.3. The normalized spacial score (nSPS) is 12.1. The maximum Gasteiger partial charge on any atom is 2.00 e. The summed E-state index contributed by atoms with van der Waals surface area (Å²) in [7, 11) is 0.912. The zero-order chi connectivity index (χ0) is 18.1. The van der Waals surface area contributed by atoms with Crippen LogP contribution in [0, 0.1) is 0 Å². The molecule has 2 aromatic rings. The molecule has 0 saturated carbocycles. The Morgan fingerprint density at radius 1 is 0.560 bits per heavy atom. The molecule has 0 N–H and O–H groups in total. The number of rotatable bonds is 4. The van der Waals surface area contributed by atoms with Crippen molar-refractivity contribution in [2.75, 3.05) is 0 Å². The maximum atomic E-state index is 5.64. The molecule has 140 valence electrons. The molecule has 0 bridgehead atoms. The van der Waals surface area contributed by atoms with Gasteiger partial charge in [0, 0.05) is 17.6 Å². The summed E-state index contributed by atoms with van der Waals surface area (Å²) in [6, 6.07) is 20.5. The molecule has 2 unspecified atom stereocenters. The van der Waals surface area contributed by atoms with Crippen molar-refractivity contribution in [2.45, 2.75) is 52.7 Å². The van der Waals surface area contributed by atoms with E-state index in [1.54, 1.807) is 0 Å². The summed E-state index contributed by atoms with van der Waals surface area (Å²) in [5.74, 6) is 0. The number of hydrogen-bond donors (Lipinski definition) is 0. The van der Waals surface area contributed by atoms with Crippen LogP contribution in [0.25, 0.3) is 0 Å². The fraction of sp³-hybridized carbons (Fsp3) is 0.400. The van der Waals surface area contributed by atoms with Gasteiger partial charge in [-0.05, 0) is 52.2 Å². The standard InChI is InChI=1S/2C10H15OP.Pd/c2*1-10(2,3)11-12-9-7-5-4-6-8-9;/h2*4-8,12H,1-3H3;/q;;+2. The van der Waals surface area contributed by atoms with Gasteiger partial charge < -0.3 is 9.05 Å². The van der Waals surface area contributed by atoms with Crippen molar-refractivity contribution in [3.05, 3.63) is 60.7 Å². The van der Waals surface area contributed by atoms with Crippen LogP contribution >= 0.6 is 17.6 Å². The van der Waals surface area contributed by atoms with Crippen molar-refractivity contribution in [1.82, 2.24) is 0 Å². The minimum atomic E-state index is -0.0334. The summed E-state index contributed by atoms with van der Waals surface area (Å²) in [6.45, 7) is 12.4. The molecule has 5 heteroatoms. The monoisotopic (exact) mass is 470 g/mol. The van der Waals surface area contributed by atoms with Crippen LogP contribution < -0.4 is 10.6 Å². The van der Waals surface area contributed by atoms with E-state index in [1.807, 2.05) is 36.4 Å². The van der Waals surface area contributed by atoms with Gasteiger partial charge in [0.15, 0.2) is 0 Å². The molecule has 0 aliphatic heterocycles. The summed E-state index contributed by atoms with van der Waals surface area (Å²) >= 11 is 0. The van der Waals surface area contributed by atoms with Crippen molar-refractivity contribution in [3.8, 4) is 0 Å². The Hall–Kier alpha value is -0.118. The first kappa shape index (κ1) is 24.9. The predicted octanol–water partition coefficient (Wildman–Crippen LogP) is 5.44. The molecular weight excluding hydrogens is 441 g/mol. The van der Waals surface area contributed by atoms with E-state index in [9.17, 15) is 0 Å². The molecule has 0 heterocycles. The molecule has 0 radical (unpaired) electrons. The zero-order valence-corrected chi connectivity index (χ0v) is 19.5. The molecule has 2 atom stereocenters. The summed E-state index contributed by atoms with van der Waals surface area (Å²) in [5, 5.41) is 2.51. The first-order valence-electron chi connectivity index (χ1n) is 8.14. The third-order valence-corrected chi connectivity index (χ3v) is 5.06. The van der Waals surface area contributed by atoms with Crippen LogP contribution in [0.4, 0.5) is 0 Å². The van der Waals surface area contributed by atoms with Gasteiger partial charge in [-0.2, -0.15) is 0 Å². The SMILES string of the molecule is CC(C)(C)OPc1ccccc1.CC(C)(C)OPc1ccccc1.[Pd+2]. The molecule has 0 aliphatic rings. The Kier molecular flexibility index (Phi) is 12.2. The third kappa shape index (κ3) is 14.7. The van der Waals surface area contributed by atoms with Gasteiger partial charge in [-0.25, -0.2) is 0 Å². The second-order valence-corrected chi connectivity index (χ2v) is 9.34. The van der Waals surface area contributed by atoms with Crippen LogP contribution in [0.15, 0.2) is 60.7 Å². The van der Waals surface area contributed by atoms with Crippen molar-refractivity contribution in [3.63, 3.8) is 0 Å². The minimum Gasteiger partial charge on any atom is -0.352 e. The van der Waals surface area contributed by atoms with E-state index in [1.165, 1.54) is 10.6 Å². The second-order valence-electron chi connectivity index (χ2n) is 7.37. The number of benzene rings is 2. The largest absolute Gasteiger partial charge is 2.00 e. The van der Waals surface area contributed by atoms with E-state index in [4.69, 9.17) is 9.05 Å². The van der Waals surface area contributed by atoms with E-state index in [-0.39, 0.29) is 31.6 Å². The first-order valence-corrected chi connectivity index (χ1v) is 9.95. The van der Waals surface area contributed by atoms with Crippen LogP contribution in [0.5, 0.6) is 0 Å². The van der Waals surface area contributed by atoms with E-state index in [0.29, 0.717) is 17.6 Å². The molecule has 2 aromatic carbocycles. The van der Waals surface area contributed by atoms with E-state index < -0.39 is 0 Å². The van der Waals surface area contributed by atoms with Gasteiger partial charge in [0.1, 0.15) is 0 Å². The van der Waals surface area contributed by atoms with E-state index in [2.05, 4.69) is 65.8 Å². The van der Waals surface area contributed by atoms with Crippen LogP contribution in [0.1, 0.15) is 41.5 Å². The molecule has 0 spiro atoms. The molecule has 0 fully saturated rings. The molecular formula is C20H30O2P2Pd+2. The fourth-order valence-electron chi connectivity index (χ4n) is 1.44. The predicted molar refractivity (Wildman–Crippen MR) is 110 cm³/mol. The molecule has 2 nitrogen and oxygen atoms in total. The van der Waals surface area contributed by atoms with Crippen LogP contribution in [-0.2, 0) is 29.5 Å². The zero-order valence-electron chi connectivity index (χ0n) is 15.9. The fourth-order valence-corrected chi connectivity index (χ4v) is 2.94. The van der Waals surface area contributed by atoms with Crippen molar-refractivity contribution in [2.24, 2.45) is 0 Å². The van der Waals surface area contributed by atoms with Gasteiger partial charge in [0.2, 0.25) is 0 Å². The Labute approximate surface area is 170 Å². The van der Waals surface area contributed by atoms with Crippen LogP contribution in [0.3, 0.4) is 0 Å².